The lowest BCUT2D eigenvalue weighted by atomic mass is 10.0. The molecule has 1 aliphatic heterocycles. The molecule has 0 bridgehead atoms. The molecule has 0 radical (unpaired) electrons. The minimum atomic E-state index is 0.621. The van der Waals surface area contributed by atoms with Crippen LogP contribution in [0.1, 0.15) is 24.5 Å². The zero-order valence-corrected chi connectivity index (χ0v) is 10.2. The second kappa shape index (κ2) is 4.71. The van der Waals surface area contributed by atoms with Gasteiger partial charge in [0.25, 0.3) is 0 Å². The Hall–Kier alpha value is -1.28. The van der Waals surface area contributed by atoms with E-state index in [4.69, 9.17) is 5.73 Å². The normalized spacial score (nSPS) is 16.2. The summed E-state index contributed by atoms with van der Waals surface area (Å²) >= 11 is 0. The number of para-hydroxylation sites is 1. The van der Waals surface area contributed by atoms with E-state index in [9.17, 15) is 0 Å². The monoisotopic (exact) mass is 216 g/mol. The standard InChI is InChI=1S/C14H20N2/c1-11-6-8-16(9-7-11)14-12(2)4-3-5-13(14)10-15/h3-6H,7-10,15H2,1-2H3. The van der Waals surface area contributed by atoms with Crippen molar-refractivity contribution >= 4 is 5.69 Å². The summed E-state index contributed by atoms with van der Waals surface area (Å²) in [6.07, 6.45) is 3.48. The quantitative estimate of drug-likeness (QED) is 0.770. The van der Waals surface area contributed by atoms with Crippen LogP contribution in [0.25, 0.3) is 0 Å². The molecule has 0 fully saturated rings. The summed E-state index contributed by atoms with van der Waals surface area (Å²) in [4.78, 5) is 2.44. The summed E-state index contributed by atoms with van der Waals surface area (Å²) < 4.78 is 0. The zero-order chi connectivity index (χ0) is 11.5. The van der Waals surface area contributed by atoms with Gasteiger partial charge in [0.1, 0.15) is 0 Å². The van der Waals surface area contributed by atoms with E-state index in [1.165, 1.54) is 28.8 Å². The Bertz CT molecular complexity index is 407. The molecule has 0 atom stereocenters. The number of nitrogens with two attached hydrogens (primary N) is 1. The second-order valence-electron chi connectivity index (χ2n) is 4.53. The lowest BCUT2D eigenvalue weighted by Crippen LogP contribution is -2.30. The van der Waals surface area contributed by atoms with Crippen LogP contribution in [0.3, 0.4) is 0 Å². The van der Waals surface area contributed by atoms with Crippen molar-refractivity contribution in [2.75, 3.05) is 18.0 Å². The van der Waals surface area contributed by atoms with Gasteiger partial charge < -0.3 is 10.6 Å². The molecule has 2 rings (SSSR count). The van der Waals surface area contributed by atoms with Gasteiger partial charge in [-0.3, -0.25) is 0 Å². The third-order valence-electron chi connectivity index (χ3n) is 3.29. The summed E-state index contributed by atoms with van der Waals surface area (Å²) in [5.74, 6) is 0. The molecule has 0 amide bonds. The molecular weight excluding hydrogens is 196 g/mol. The first kappa shape index (κ1) is 11.2. The second-order valence-corrected chi connectivity index (χ2v) is 4.53. The molecule has 2 nitrogen and oxygen atoms in total. The maximum absolute atomic E-state index is 5.81. The number of anilines is 1. The fourth-order valence-corrected chi connectivity index (χ4v) is 2.31. The highest BCUT2D eigenvalue weighted by Gasteiger charge is 2.14. The summed E-state index contributed by atoms with van der Waals surface area (Å²) in [5.41, 5.74) is 11.2. The Morgan fingerprint density at radius 3 is 2.75 bits per heavy atom. The van der Waals surface area contributed by atoms with E-state index in [0.29, 0.717) is 6.54 Å². The molecule has 0 saturated heterocycles. The van der Waals surface area contributed by atoms with Gasteiger partial charge >= 0.3 is 0 Å². The predicted molar refractivity (Wildman–Crippen MR) is 69.7 cm³/mol. The van der Waals surface area contributed by atoms with E-state index in [0.717, 1.165) is 13.1 Å². The van der Waals surface area contributed by atoms with Crippen LogP contribution in [0, 0.1) is 6.92 Å². The average Bonchev–Trinajstić information content (AvgIpc) is 2.30. The van der Waals surface area contributed by atoms with Crippen LogP contribution in [0.2, 0.25) is 0 Å². The minimum Gasteiger partial charge on any atom is -0.367 e. The summed E-state index contributed by atoms with van der Waals surface area (Å²) in [6, 6.07) is 6.39. The Morgan fingerprint density at radius 2 is 2.12 bits per heavy atom. The molecule has 1 heterocycles. The molecule has 0 aliphatic carbocycles. The van der Waals surface area contributed by atoms with Gasteiger partial charge in [-0.1, -0.05) is 29.8 Å². The predicted octanol–water partition coefficient (Wildman–Crippen LogP) is 2.61. The first-order valence-electron chi connectivity index (χ1n) is 5.91. The van der Waals surface area contributed by atoms with Crippen LogP contribution < -0.4 is 10.6 Å². The van der Waals surface area contributed by atoms with Crippen molar-refractivity contribution in [3.8, 4) is 0 Å². The SMILES string of the molecule is CC1=CCN(c2c(C)cccc2CN)CC1. The first-order valence-corrected chi connectivity index (χ1v) is 5.91. The third-order valence-corrected chi connectivity index (χ3v) is 3.29. The fraction of sp³-hybridized carbons (Fsp3) is 0.429. The maximum atomic E-state index is 5.81. The third kappa shape index (κ3) is 2.12. The lowest BCUT2D eigenvalue weighted by molar-refractivity contribution is 0.778. The molecule has 1 aliphatic rings. The van der Waals surface area contributed by atoms with Crippen molar-refractivity contribution in [2.24, 2.45) is 5.73 Å². The number of aryl methyl sites for hydroxylation is 1. The van der Waals surface area contributed by atoms with Gasteiger partial charge in [0.05, 0.1) is 0 Å². The van der Waals surface area contributed by atoms with Crippen molar-refractivity contribution in [1.29, 1.82) is 0 Å². The largest absolute Gasteiger partial charge is 0.367 e. The van der Waals surface area contributed by atoms with E-state index in [1.54, 1.807) is 0 Å². The van der Waals surface area contributed by atoms with Gasteiger partial charge in [-0.05, 0) is 31.4 Å². The minimum absolute atomic E-state index is 0.621. The van der Waals surface area contributed by atoms with Gasteiger partial charge in [-0.2, -0.15) is 0 Å². The molecule has 1 aromatic carbocycles. The Labute approximate surface area is 97.8 Å². The number of benzene rings is 1. The first-order chi connectivity index (χ1) is 7.72. The fourth-order valence-electron chi connectivity index (χ4n) is 2.31. The molecule has 0 saturated carbocycles. The van der Waals surface area contributed by atoms with E-state index in [1.807, 2.05) is 0 Å². The van der Waals surface area contributed by atoms with Crippen molar-refractivity contribution in [3.05, 3.63) is 41.0 Å². The smallest absolute Gasteiger partial charge is 0.0444 e. The van der Waals surface area contributed by atoms with Gasteiger partial charge in [-0.15, -0.1) is 0 Å². The van der Waals surface area contributed by atoms with E-state index >= 15 is 0 Å². The van der Waals surface area contributed by atoms with Crippen molar-refractivity contribution in [1.82, 2.24) is 0 Å². The van der Waals surface area contributed by atoms with E-state index < -0.39 is 0 Å². The zero-order valence-electron chi connectivity index (χ0n) is 10.2. The van der Waals surface area contributed by atoms with Crippen LogP contribution in [0.15, 0.2) is 29.8 Å². The highest BCUT2D eigenvalue weighted by molar-refractivity contribution is 5.60. The van der Waals surface area contributed by atoms with Crippen LogP contribution in [0.4, 0.5) is 5.69 Å². The summed E-state index contributed by atoms with van der Waals surface area (Å²) in [5, 5.41) is 0. The van der Waals surface area contributed by atoms with Crippen LogP contribution >= 0.6 is 0 Å². The molecule has 16 heavy (non-hydrogen) atoms. The summed E-state index contributed by atoms with van der Waals surface area (Å²) in [7, 11) is 0. The van der Waals surface area contributed by atoms with Crippen LogP contribution in [-0.2, 0) is 6.54 Å². The molecular formula is C14H20N2. The van der Waals surface area contributed by atoms with Gasteiger partial charge in [0, 0.05) is 25.3 Å². The molecule has 2 heteroatoms. The average molecular weight is 216 g/mol. The molecule has 2 N–H and O–H groups in total. The molecule has 86 valence electrons. The molecule has 1 aromatic rings. The van der Waals surface area contributed by atoms with Crippen LogP contribution in [0.5, 0.6) is 0 Å². The van der Waals surface area contributed by atoms with Gasteiger partial charge in [0.2, 0.25) is 0 Å². The summed E-state index contributed by atoms with van der Waals surface area (Å²) in [6.45, 7) is 7.12. The number of hydrogen-bond acceptors (Lipinski definition) is 2. The topological polar surface area (TPSA) is 29.3 Å². The van der Waals surface area contributed by atoms with Crippen molar-refractivity contribution in [2.45, 2.75) is 26.8 Å². The highest BCUT2D eigenvalue weighted by Crippen LogP contribution is 2.27. The number of nitrogens with zero attached hydrogens (tertiary/aromatic N) is 1. The molecule has 0 unspecified atom stereocenters. The van der Waals surface area contributed by atoms with Crippen molar-refractivity contribution < 1.29 is 0 Å². The van der Waals surface area contributed by atoms with E-state index in [2.05, 4.69) is 43.0 Å². The van der Waals surface area contributed by atoms with Gasteiger partial charge in [-0.25, -0.2) is 0 Å². The molecule has 0 spiro atoms. The molecule has 0 aromatic heterocycles. The van der Waals surface area contributed by atoms with Crippen LogP contribution in [-0.4, -0.2) is 13.1 Å². The Kier molecular flexibility index (Phi) is 3.30. The highest BCUT2D eigenvalue weighted by atomic mass is 15.1. The number of rotatable bonds is 2. The van der Waals surface area contributed by atoms with Gasteiger partial charge in [0.15, 0.2) is 0 Å². The Balaban J connectivity index is 2.33. The maximum Gasteiger partial charge on any atom is 0.0444 e. The number of hydrogen-bond donors (Lipinski definition) is 1. The lowest BCUT2D eigenvalue weighted by Gasteiger charge is -2.30. The Morgan fingerprint density at radius 1 is 1.31 bits per heavy atom. The van der Waals surface area contributed by atoms with E-state index in [-0.39, 0.29) is 0 Å². The van der Waals surface area contributed by atoms with Crippen molar-refractivity contribution in [3.63, 3.8) is 0 Å².